The van der Waals surface area contributed by atoms with Crippen molar-refractivity contribution in [2.45, 2.75) is 6.42 Å². The summed E-state index contributed by atoms with van der Waals surface area (Å²) in [5.41, 5.74) is 2.22. The predicted molar refractivity (Wildman–Crippen MR) is 130 cm³/mol. The number of carbonyl (C=O) groups is 1. The van der Waals surface area contributed by atoms with E-state index in [9.17, 15) is 14.9 Å². The standard InChI is InChI=1S/C20H26N6O3.HI/c1-21-19(27)16-7-5-6-15(14-16)10-11-24-20(22-2)25-13-12-23-17-8-3-4-9-18(17)26(28)29;/h3-9,14,23H,10-13H2,1-2H3,(H,21,27)(H2,22,24,25);1H. The zero-order chi connectivity index (χ0) is 21.1. The van der Waals surface area contributed by atoms with Crippen molar-refractivity contribution in [1.29, 1.82) is 0 Å². The second kappa shape index (κ2) is 13.4. The number of nitrogens with zero attached hydrogens (tertiary/aromatic N) is 2. The third-order valence-corrected chi connectivity index (χ3v) is 4.18. The molecule has 0 saturated heterocycles. The van der Waals surface area contributed by atoms with E-state index in [1.54, 1.807) is 38.4 Å². The zero-order valence-electron chi connectivity index (χ0n) is 17.0. The van der Waals surface area contributed by atoms with Gasteiger partial charge in [-0.2, -0.15) is 0 Å². The summed E-state index contributed by atoms with van der Waals surface area (Å²) in [7, 11) is 3.29. The quantitative estimate of drug-likeness (QED) is 0.0995. The van der Waals surface area contributed by atoms with E-state index < -0.39 is 4.92 Å². The van der Waals surface area contributed by atoms with Crippen LogP contribution in [0.25, 0.3) is 0 Å². The Morgan fingerprint density at radius 2 is 1.80 bits per heavy atom. The van der Waals surface area contributed by atoms with Gasteiger partial charge in [0.15, 0.2) is 5.96 Å². The molecule has 0 fully saturated rings. The van der Waals surface area contributed by atoms with Crippen LogP contribution in [0.2, 0.25) is 0 Å². The van der Waals surface area contributed by atoms with Crippen LogP contribution >= 0.6 is 24.0 Å². The SMILES string of the molecule is CN=C(NCCNc1ccccc1[N+](=O)[O-])NCCc1cccc(C(=O)NC)c1.I. The van der Waals surface area contributed by atoms with E-state index in [0.717, 1.165) is 12.0 Å². The molecular formula is C20H27IN6O3. The smallest absolute Gasteiger partial charge is 0.292 e. The number of aliphatic imine (C=N–C) groups is 1. The van der Waals surface area contributed by atoms with Gasteiger partial charge in [-0.1, -0.05) is 24.3 Å². The number of nitro benzene ring substituents is 1. The molecule has 0 aliphatic heterocycles. The zero-order valence-corrected chi connectivity index (χ0v) is 19.3. The molecule has 1 amide bonds. The number of hydrogen-bond acceptors (Lipinski definition) is 5. The summed E-state index contributed by atoms with van der Waals surface area (Å²) in [4.78, 5) is 26.5. The van der Waals surface area contributed by atoms with Crippen molar-refractivity contribution in [2.75, 3.05) is 39.0 Å². The van der Waals surface area contributed by atoms with Gasteiger partial charge < -0.3 is 21.3 Å². The van der Waals surface area contributed by atoms with Crippen LogP contribution in [0.5, 0.6) is 0 Å². The van der Waals surface area contributed by atoms with Gasteiger partial charge in [0.05, 0.1) is 4.92 Å². The van der Waals surface area contributed by atoms with Gasteiger partial charge in [0.2, 0.25) is 0 Å². The molecule has 9 nitrogen and oxygen atoms in total. The first-order valence-electron chi connectivity index (χ1n) is 9.28. The van der Waals surface area contributed by atoms with Gasteiger partial charge >= 0.3 is 0 Å². The van der Waals surface area contributed by atoms with Crippen molar-refractivity contribution < 1.29 is 9.72 Å². The van der Waals surface area contributed by atoms with Gasteiger partial charge in [0, 0.05) is 45.4 Å². The lowest BCUT2D eigenvalue weighted by atomic mass is 10.1. The average Bonchev–Trinajstić information content (AvgIpc) is 2.75. The molecule has 2 aromatic rings. The molecular weight excluding hydrogens is 499 g/mol. The summed E-state index contributed by atoms with van der Waals surface area (Å²) in [5.74, 6) is 0.528. The van der Waals surface area contributed by atoms with Crippen LogP contribution in [0.4, 0.5) is 11.4 Å². The first-order chi connectivity index (χ1) is 14.0. The van der Waals surface area contributed by atoms with Crippen molar-refractivity contribution in [3.05, 3.63) is 69.8 Å². The molecule has 0 aromatic heterocycles. The number of guanidine groups is 1. The van der Waals surface area contributed by atoms with E-state index >= 15 is 0 Å². The lowest BCUT2D eigenvalue weighted by molar-refractivity contribution is -0.384. The first kappa shape index (κ1) is 25.1. The Labute approximate surface area is 192 Å². The molecule has 0 saturated carbocycles. The summed E-state index contributed by atoms with van der Waals surface area (Å²) >= 11 is 0. The van der Waals surface area contributed by atoms with E-state index in [1.165, 1.54) is 6.07 Å². The first-order valence-corrected chi connectivity index (χ1v) is 9.28. The number of anilines is 1. The number of halogens is 1. The Kier molecular flexibility index (Phi) is 11.2. The Morgan fingerprint density at radius 1 is 1.07 bits per heavy atom. The number of carbonyl (C=O) groups excluding carboxylic acids is 1. The largest absolute Gasteiger partial charge is 0.378 e. The highest BCUT2D eigenvalue weighted by Gasteiger charge is 2.11. The van der Waals surface area contributed by atoms with Crippen LogP contribution in [0.3, 0.4) is 0 Å². The number of nitro groups is 1. The summed E-state index contributed by atoms with van der Waals surface area (Å²) in [6.07, 6.45) is 0.736. The molecule has 0 radical (unpaired) electrons. The average molecular weight is 526 g/mol. The van der Waals surface area contributed by atoms with Crippen LogP contribution < -0.4 is 21.3 Å². The second-order valence-electron chi connectivity index (χ2n) is 6.16. The number of para-hydroxylation sites is 2. The number of rotatable bonds is 9. The lowest BCUT2D eigenvalue weighted by Gasteiger charge is -2.13. The minimum atomic E-state index is -0.407. The van der Waals surface area contributed by atoms with E-state index in [1.807, 2.05) is 18.2 Å². The number of amides is 1. The highest BCUT2D eigenvalue weighted by atomic mass is 127. The highest BCUT2D eigenvalue weighted by Crippen LogP contribution is 2.22. The molecule has 30 heavy (non-hydrogen) atoms. The normalized spacial score (nSPS) is 10.5. The van der Waals surface area contributed by atoms with E-state index in [-0.39, 0.29) is 35.6 Å². The van der Waals surface area contributed by atoms with Gasteiger partial charge in [0.25, 0.3) is 11.6 Å². The van der Waals surface area contributed by atoms with E-state index in [4.69, 9.17) is 0 Å². The second-order valence-corrected chi connectivity index (χ2v) is 6.16. The van der Waals surface area contributed by atoms with Crippen molar-refractivity contribution in [3.63, 3.8) is 0 Å². The van der Waals surface area contributed by atoms with E-state index in [2.05, 4.69) is 26.3 Å². The van der Waals surface area contributed by atoms with Crippen molar-refractivity contribution in [3.8, 4) is 0 Å². The maximum Gasteiger partial charge on any atom is 0.292 e. The van der Waals surface area contributed by atoms with Crippen LogP contribution in [-0.4, -0.2) is 50.5 Å². The molecule has 0 heterocycles. The van der Waals surface area contributed by atoms with Crippen LogP contribution in [0.15, 0.2) is 53.5 Å². The monoisotopic (exact) mass is 526 g/mol. The van der Waals surface area contributed by atoms with Crippen molar-refractivity contribution >= 4 is 47.2 Å². The maximum atomic E-state index is 11.7. The Morgan fingerprint density at radius 3 is 2.50 bits per heavy atom. The molecule has 2 aromatic carbocycles. The molecule has 162 valence electrons. The topological polar surface area (TPSA) is 121 Å². The molecule has 0 spiro atoms. The summed E-state index contributed by atoms with van der Waals surface area (Å²) < 4.78 is 0. The molecule has 10 heteroatoms. The molecule has 0 aliphatic carbocycles. The van der Waals surface area contributed by atoms with Crippen molar-refractivity contribution in [2.24, 2.45) is 4.99 Å². The molecule has 2 rings (SSSR count). The predicted octanol–water partition coefficient (Wildman–Crippen LogP) is 2.39. The summed E-state index contributed by atoms with van der Waals surface area (Å²) in [6, 6.07) is 14.0. The van der Waals surface area contributed by atoms with Gasteiger partial charge in [0.1, 0.15) is 5.69 Å². The molecule has 0 bridgehead atoms. The number of benzene rings is 2. The van der Waals surface area contributed by atoms with Crippen LogP contribution in [-0.2, 0) is 6.42 Å². The summed E-state index contributed by atoms with van der Waals surface area (Å²) in [6.45, 7) is 1.69. The van der Waals surface area contributed by atoms with Crippen LogP contribution in [0, 0.1) is 10.1 Å². The van der Waals surface area contributed by atoms with E-state index in [0.29, 0.717) is 36.8 Å². The number of nitrogens with one attached hydrogen (secondary N) is 4. The highest BCUT2D eigenvalue weighted by molar-refractivity contribution is 14.0. The fourth-order valence-corrected chi connectivity index (χ4v) is 2.72. The fraction of sp³-hybridized carbons (Fsp3) is 0.300. The molecule has 4 N–H and O–H groups in total. The fourth-order valence-electron chi connectivity index (χ4n) is 2.72. The molecule has 0 atom stereocenters. The van der Waals surface area contributed by atoms with Gasteiger partial charge in [-0.25, -0.2) is 0 Å². The third kappa shape index (κ3) is 7.85. The molecule has 0 aliphatic rings. The number of hydrogen-bond donors (Lipinski definition) is 4. The minimum absolute atomic E-state index is 0. The van der Waals surface area contributed by atoms with Gasteiger partial charge in [-0.15, -0.1) is 24.0 Å². The Bertz CT molecular complexity index is 875. The Balaban J connectivity index is 0.00000450. The van der Waals surface area contributed by atoms with Crippen molar-refractivity contribution in [1.82, 2.24) is 16.0 Å². The minimum Gasteiger partial charge on any atom is -0.378 e. The third-order valence-electron chi connectivity index (χ3n) is 4.18. The van der Waals surface area contributed by atoms with Gasteiger partial charge in [-0.3, -0.25) is 19.9 Å². The lowest BCUT2D eigenvalue weighted by Crippen LogP contribution is -2.40. The van der Waals surface area contributed by atoms with Gasteiger partial charge in [-0.05, 0) is 30.2 Å². The molecule has 0 unspecified atom stereocenters. The van der Waals surface area contributed by atoms with Crippen LogP contribution in [0.1, 0.15) is 15.9 Å². The Hall–Kier alpha value is -2.89. The summed E-state index contributed by atoms with van der Waals surface area (Å²) in [5, 5.41) is 23.1. The maximum absolute atomic E-state index is 11.7.